The molecule has 7 nitrogen and oxygen atoms in total. The highest BCUT2D eigenvalue weighted by molar-refractivity contribution is 6.22. The standard InChI is InChI=1S/C24H18N4O3/c1-14-7-6-12-28-20(14)25-19(15-8-4-3-5-9-15)21(28)26-22(29)16-10-11-17-18(13-16)24(31)27(2)23(17)30/h3-13H,1-2H3,(H,26,29). The molecular formula is C24H18N4O3. The Bertz CT molecular complexity index is 1390. The molecule has 0 saturated carbocycles. The van der Waals surface area contributed by atoms with Crippen molar-refractivity contribution in [1.82, 2.24) is 14.3 Å². The number of imidazole rings is 1. The third kappa shape index (κ3) is 2.90. The number of hydrogen-bond donors (Lipinski definition) is 1. The second-order valence-electron chi connectivity index (χ2n) is 7.44. The van der Waals surface area contributed by atoms with E-state index in [2.05, 4.69) is 5.32 Å². The number of nitrogens with one attached hydrogen (secondary N) is 1. The van der Waals surface area contributed by atoms with Gasteiger partial charge in [-0.3, -0.25) is 23.7 Å². The molecule has 0 unspecified atom stereocenters. The molecule has 0 spiro atoms. The van der Waals surface area contributed by atoms with Gasteiger partial charge in [0.2, 0.25) is 0 Å². The first kappa shape index (κ1) is 18.7. The summed E-state index contributed by atoms with van der Waals surface area (Å²) in [5.74, 6) is -0.631. The molecule has 2 aromatic carbocycles. The van der Waals surface area contributed by atoms with Crippen LogP contribution in [0.4, 0.5) is 5.82 Å². The Kier molecular flexibility index (Phi) is 4.18. The van der Waals surface area contributed by atoms with E-state index in [1.807, 2.05) is 60.0 Å². The Labute approximate surface area is 177 Å². The van der Waals surface area contributed by atoms with Crippen LogP contribution in [-0.4, -0.2) is 39.1 Å². The van der Waals surface area contributed by atoms with Crippen molar-refractivity contribution in [2.24, 2.45) is 0 Å². The Hall–Kier alpha value is -4.26. The Morgan fingerprint density at radius 3 is 2.45 bits per heavy atom. The van der Waals surface area contributed by atoms with Crippen LogP contribution in [0.25, 0.3) is 16.9 Å². The van der Waals surface area contributed by atoms with Crippen LogP contribution in [0.3, 0.4) is 0 Å². The molecule has 3 amide bonds. The SMILES string of the molecule is Cc1cccn2c(NC(=O)c3ccc4c(c3)C(=O)N(C)C4=O)c(-c3ccccc3)nc12. The largest absolute Gasteiger partial charge is 0.306 e. The molecular weight excluding hydrogens is 392 g/mol. The van der Waals surface area contributed by atoms with Gasteiger partial charge >= 0.3 is 0 Å². The van der Waals surface area contributed by atoms with Gasteiger partial charge in [-0.25, -0.2) is 4.98 Å². The summed E-state index contributed by atoms with van der Waals surface area (Å²) in [4.78, 5) is 43.4. The summed E-state index contributed by atoms with van der Waals surface area (Å²) in [6.45, 7) is 1.96. The molecule has 1 aliphatic heterocycles. The van der Waals surface area contributed by atoms with Crippen LogP contribution in [0.1, 0.15) is 36.6 Å². The fourth-order valence-corrected chi connectivity index (χ4v) is 3.80. The average Bonchev–Trinajstić information content (AvgIpc) is 3.26. The molecule has 5 rings (SSSR count). The van der Waals surface area contributed by atoms with Gasteiger partial charge in [0.25, 0.3) is 17.7 Å². The minimum absolute atomic E-state index is 0.234. The number of aryl methyl sites for hydroxylation is 1. The molecule has 7 heteroatoms. The van der Waals surface area contributed by atoms with Crippen LogP contribution < -0.4 is 5.32 Å². The number of imide groups is 1. The number of aromatic nitrogens is 2. The second kappa shape index (κ2) is 6.91. The molecule has 0 bridgehead atoms. The zero-order valence-electron chi connectivity index (χ0n) is 16.9. The van der Waals surface area contributed by atoms with Gasteiger partial charge in [-0.15, -0.1) is 0 Å². The molecule has 0 radical (unpaired) electrons. The molecule has 152 valence electrons. The van der Waals surface area contributed by atoms with Crippen molar-refractivity contribution in [1.29, 1.82) is 0 Å². The van der Waals surface area contributed by atoms with Gasteiger partial charge in [-0.1, -0.05) is 36.4 Å². The first-order valence-electron chi connectivity index (χ1n) is 9.76. The Morgan fingerprint density at radius 1 is 0.935 bits per heavy atom. The number of benzene rings is 2. The molecule has 0 atom stereocenters. The lowest BCUT2D eigenvalue weighted by atomic mass is 10.1. The monoisotopic (exact) mass is 410 g/mol. The van der Waals surface area contributed by atoms with Crippen molar-refractivity contribution < 1.29 is 14.4 Å². The number of hydrogen-bond acceptors (Lipinski definition) is 4. The summed E-state index contributed by atoms with van der Waals surface area (Å²) in [5, 5.41) is 2.96. The fraction of sp³-hybridized carbons (Fsp3) is 0.0833. The van der Waals surface area contributed by atoms with E-state index in [0.717, 1.165) is 21.7 Å². The highest BCUT2D eigenvalue weighted by atomic mass is 16.2. The predicted octanol–water partition coefficient (Wildman–Crippen LogP) is 3.79. The van der Waals surface area contributed by atoms with Crippen LogP contribution >= 0.6 is 0 Å². The zero-order chi connectivity index (χ0) is 21.7. The molecule has 1 N–H and O–H groups in total. The van der Waals surface area contributed by atoms with E-state index in [1.54, 1.807) is 6.07 Å². The minimum atomic E-state index is -0.412. The van der Waals surface area contributed by atoms with Gasteiger partial charge in [0.15, 0.2) is 0 Å². The van der Waals surface area contributed by atoms with Crippen LogP contribution in [0.5, 0.6) is 0 Å². The van der Waals surface area contributed by atoms with E-state index in [4.69, 9.17) is 4.98 Å². The van der Waals surface area contributed by atoms with Crippen LogP contribution in [0.15, 0.2) is 66.9 Å². The lowest BCUT2D eigenvalue weighted by Gasteiger charge is -2.09. The lowest BCUT2D eigenvalue weighted by molar-refractivity contribution is 0.0693. The molecule has 31 heavy (non-hydrogen) atoms. The van der Waals surface area contributed by atoms with E-state index < -0.39 is 11.8 Å². The molecule has 0 saturated heterocycles. The fourth-order valence-electron chi connectivity index (χ4n) is 3.80. The summed E-state index contributed by atoms with van der Waals surface area (Å²) >= 11 is 0. The van der Waals surface area contributed by atoms with Gasteiger partial charge in [-0.05, 0) is 36.8 Å². The summed E-state index contributed by atoms with van der Waals surface area (Å²) in [6.07, 6.45) is 1.84. The number of carbonyl (C=O) groups is 3. The maximum Gasteiger partial charge on any atom is 0.261 e. The molecule has 2 aromatic heterocycles. The third-order valence-corrected chi connectivity index (χ3v) is 5.48. The molecule has 4 aromatic rings. The third-order valence-electron chi connectivity index (χ3n) is 5.48. The number of fused-ring (bicyclic) bond motifs is 2. The maximum atomic E-state index is 13.1. The van der Waals surface area contributed by atoms with Crippen molar-refractivity contribution in [3.63, 3.8) is 0 Å². The van der Waals surface area contributed by atoms with E-state index >= 15 is 0 Å². The van der Waals surface area contributed by atoms with E-state index in [9.17, 15) is 14.4 Å². The Balaban J connectivity index is 1.59. The molecule has 0 fully saturated rings. The summed E-state index contributed by atoms with van der Waals surface area (Å²) in [6, 6.07) is 18.0. The molecule has 0 aliphatic carbocycles. The Morgan fingerprint density at radius 2 is 1.68 bits per heavy atom. The van der Waals surface area contributed by atoms with Gasteiger partial charge in [0.1, 0.15) is 17.2 Å². The summed E-state index contributed by atoms with van der Waals surface area (Å²) in [5.41, 5.74) is 4.07. The van der Waals surface area contributed by atoms with E-state index in [0.29, 0.717) is 17.1 Å². The number of carbonyl (C=O) groups excluding carboxylic acids is 3. The van der Waals surface area contributed by atoms with Crippen LogP contribution in [0, 0.1) is 6.92 Å². The van der Waals surface area contributed by atoms with Crippen LogP contribution in [0.2, 0.25) is 0 Å². The predicted molar refractivity (Wildman–Crippen MR) is 116 cm³/mol. The van der Waals surface area contributed by atoms with Gasteiger partial charge in [0, 0.05) is 24.4 Å². The molecule has 3 heterocycles. The number of rotatable bonds is 3. The van der Waals surface area contributed by atoms with Gasteiger partial charge in [0.05, 0.1) is 11.1 Å². The maximum absolute atomic E-state index is 13.1. The van der Waals surface area contributed by atoms with Crippen LogP contribution in [-0.2, 0) is 0 Å². The number of pyridine rings is 1. The number of anilines is 1. The second-order valence-corrected chi connectivity index (χ2v) is 7.44. The quantitative estimate of drug-likeness (QED) is 0.521. The minimum Gasteiger partial charge on any atom is -0.306 e. The summed E-state index contributed by atoms with van der Waals surface area (Å²) in [7, 11) is 1.43. The zero-order valence-corrected chi connectivity index (χ0v) is 16.9. The van der Waals surface area contributed by atoms with Crippen molar-refractivity contribution in [2.45, 2.75) is 6.92 Å². The first-order valence-corrected chi connectivity index (χ1v) is 9.76. The van der Waals surface area contributed by atoms with Crippen molar-refractivity contribution in [3.05, 3.63) is 89.1 Å². The van der Waals surface area contributed by atoms with Gasteiger partial charge < -0.3 is 5.32 Å². The van der Waals surface area contributed by atoms with Crippen molar-refractivity contribution in [3.8, 4) is 11.3 Å². The van der Waals surface area contributed by atoms with Crippen molar-refractivity contribution >= 4 is 29.2 Å². The number of amides is 3. The van der Waals surface area contributed by atoms with E-state index in [-0.39, 0.29) is 17.0 Å². The molecule has 1 aliphatic rings. The normalized spacial score (nSPS) is 13.0. The topological polar surface area (TPSA) is 83.8 Å². The lowest BCUT2D eigenvalue weighted by Crippen LogP contribution is -2.24. The van der Waals surface area contributed by atoms with E-state index in [1.165, 1.54) is 19.2 Å². The van der Waals surface area contributed by atoms with Gasteiger partial charge in [-0.2, -0.15) is 0 Å². The highest BCUT2D eigenvalue weighted by Crippen LogP contribution is 2.30. The van der Waals surface area contributed by atoms with Crippen molar-refractivity contribution in [2.75, 3.05) is 12.4 Å². The first-order chi connectivity index (χ1) is 15.0. The average molecular weight is 410 g/mol. The highest BCUT2D eigenvalue weighted by Gasteiger charge is 2.33. The number of nitrogens with zero attached hydrogens (tertiary/aromatic N) is 3. The smallest absolute Gasteiger partial charge is 0.261 e. The summed E-state index contributed by atoms with van der Waals surface area (Å²) < 4.78 is 1.84.